The van der Waals surface area contributed by atoms with Crippen LogP contribution in [0, 0.1) is 6.92 Å². The van der Waals surface area contributed by atoms with Gasteiger partial charge >= 0.3 is 6.03 Å². The molecule has 2 amide bonds. The molecule has 3 N–H and O–H groups in total. The number of likely N-dealkylation sites (tertiary alicyclic amines) is 1. The van der Waals surface area contributed by atoms with E-state index in [-0.39, 0.29) is 6.03 Å². The highest BCUT2D eigenvalue weighted by Crippen LogP contribution is 2.40. The zero-order valence-electron chi connectivity index (χ0n) is 17.5. The number of nitrogens with one attached hydrogen (secondary N) is 3. The van der Waals surface area contributed by atoms with Gasteiger partial charge in [-0.25, -0.2) is 4.79 Å². The highest BCUT2D eigenvalue weighted by Gasteiger charge is 2.48. The topological polar surface area (TPSA) is 53.2 Å². The van der Waals surface area contributed by atoms with Crippen molar-refractivity contribution >= 4 is 46.3 Å². The third-order valence-electron chi connectivity index (χ3n) is 6.68. The van der Waals surface area contributed by atoms with Crippen LogP contribution < -0.4 is 20.4 Å². The van der Waals surface area contributed by atoms with Crippen molar-refractivity contribution in [2.75, 3.05) is 30.3 Å². The summed E-state index contributed by atoms with van der Waals surface area (Å²) in [6, 6.07) is 12.4. The van der Waals surface area contributed by atoms with E-state index < -0.39 is 0 Å². The minimum Gasteiger partial charge on any atom is -0.311 e. The first-order valence-electron chi connectivity index (χ1n) is 10.6. The zero-order chi connectivity index (χ0) is 21.3. The second-order valence-corrected chi connectivity index (χ2v) is 9.40. The number of nitrogens with zero attached hydrogens (tertiary/aromatic N) is 1. The first kappa shape index (κ1) is 21.4. The van der Waals surface area contributed by atoms with E-state index in [1.54, 1.807) is 18.2 Å². The SMILES string of the molecule is Cc1cc([N+]2(C3CCNC3)CCCC2C)ccc1NC(=O)Nc1cc(Cl)cc(Cl)c1. The van der Waals surface area contributed by atoms with E-state index in [1.165, 1.54) is 31.5 Å². The lowest BCUT2D eigenvalue weighted by Crippen LogP contribution is -2.59. The number of hydrogen-bond acceptors (Lipinski definition) is 2. The molecule has 0 radical (unpaired) electrons. The summed E-state index contributed by atoms with van der Waals surface area (Å²) in [4.78, 5) is 12.5. The summed E-state index contributed by atoms with van der Waals surface area (Å²) in [6.07, 6.45) is 3.75. The smallest absolute Gasteiger partial charge is 0.311 e. The third-order valence-corrected chi connectivity index (χ3v) is 7.12. The highest BCUT2D eigenvalue weighted by molar-refractivity contribution is 6.35. The summed E-state index contributed by atoms with van der Waals surface area (Å²) in [5, 5.41) is 10.3. The summed E-state index contributed by atoms with van der Waals surface area (Å²) >= 11 is 12.0. The lowest BCUT2D eigenvalue weighted by Gasteiger charge is -2.43. The Bertz CT molecular complexity index is 925. The fourth-order valence-corrected chi connectivity index (χ4v) is 5.75. The Labute approximate surface area is 188 Å². The van der Waals surface area contributed by atoms with Crippen LogP contribution in [0.15, 0.2) is 36.4 Å². The van der Waals surface area contributed by atoms with Crippen molar-refractivity contribution in [1.29, 1.82) is 0 Å². The largest absolute Gasteiger partial charge is 0.323 e. The average molecular weight is 448 g/mol. The molecule has 5 nitrogen and oxygen atoms in total. The van der Waals surface area contributed by atoms with Gasteiger partial charge in [-0.15, -0.1) is 0 Å². The lowest BCUT2D eigenvalue weighted by molar-refractivity contribution is 0.203. The van der Waals surface area contributed by atoms with E-state index in [4.69, 9.17) is 23.2 Å². The molecule has 2 saturated heterocycles. The van der Waals surface area contributed by atoms with Gasteiger partial charge in [0.1, 0.15) is 11.7 Å². The normalized spacial score (nSPS) is 26.0. The number of rotatable bonds is 4. The van der Waals surface area contributed by atoms with Gasteiger partial charge in [0, 0.05) is 65.9 Å². The van der Waals surface area contributed by atoms with Crippen LogP contribution >= 0.6 is 23.2 Å². The minimum atomic E-state index is -0.317. The van der Waals surface area contributed by atoms with Crippen LogP contribution in [0.4, 0.5) is 21.9 Å². The van der Waals surface area contributed by atoms with Crippen molar-refractivity contribution in [1.82, 2.24) is 9.80 Å². The van der Waals surface area contributed by atoms with Gasteiger partial charge in [-0.1, -0.05) is 23.2 Å². The van der Waals surface area contributed by atoms with Crippen molar-refractivity contribution in [2.45, 2.75) is 45.2 Å². The fourth-order valence-electron chi connectivity index (χ4n) is 5.23. The number of halogens is 2. The van der Waals surface area contributed by atoms with E-state index >= 15 is 0 Å². The summed E-state index contributed by atoms with van der Waals surface area (Å²) < 4.78 is 1.06. The number of carbonyl (C=O) groups is 1. The van der Waals surface area contributed by atoms with Gasteiger partial charge in [-0.05, 0) is 43.7 Å². The Balaban J connectivity index is 1.53. The molecule has 7 heteroatoms. The molecule has 2 fully saturated rings. The number of benzene rings is 2. The Morgan fingerprint density at radius 1 is 1.10 bits per heavy atom. The second kappa shape index (κ2) is 8.75. The predicted octanol–water partition coefficient (Wildman–Crippen LogP) is 5.80. The van der Waals surface area contributed by atoms with Gasteiger partial charge in [0.25, 0.3) is 0 Å². The monoisotopic (exact) mass is 447 g/mol. The van der Waals surface area contributed by atoms with Crippen LogP contribution in [0.5, 0.6) is 0 Å². The molecule has 0 aliphatic carbocycles. The molecule has 4 rings (SSSR count). The van der Waals surface area contributed by atoms with Crippen LogP contribution in [0.2, 0.25) is 10.0 Å². The summed E-state index contributed by atoms with van der Waals surface area (Å²) in [7, 11) is 0. The first-order chi connectivity index (χ1) is 14.4. The number of aryl methyl sites for hydroxylation is 1. The van der Waals surface area contributed by atoms with E-state index in [0.717, 1.165) is 28.8 Å². The average Bonchev–Trinajstić information content (AvgIpc) is 3.33. The van der Waals surface area contributed by atoms with E-state index in [9.17, 15) is 4.79 Å². The number of quaternary nitrogens is 1. The van der Waals surface area contributed by atoms with Gasteiger partial charge in [-0.2, -0.15) is 0 Å². The number of carbonyl (C=O) groups excluding carboxylic acids is 1. The van der Waals surface area contributed by atoms with Gasteiger partial charge in [-0.3, -0.25) is 4.48 Å². The van der Waals surface area contributed by atoms with Gasteiger partial charge in [0.2, 0.25) is 0 Å². The number of anilines is 2. The minimum absolute atomic E-state index is 0.317. The standard InChI is InChI=1S/C23H28Cl2N4O/c1-15-10-20(29(9-3-4-16(29)2)21-7-8-26-14-21)5-6-22(15)28-23(30)27-19-12-17(24)11-18(25)13-19/h5-6,10-13,16,21,26H,3-4,7-9,14H2,1-2H3,(H-,27,28,30)/p+1. The Kier molecular flexibility index (Phi) is 6.26. The second-order valence-electron chi connectivity index (χ2n) is 8.53. The Morgan fingerprint density at radius 3 is 2.47 bits per heavy atom. The van der Waals surface area contributed by atoms with Crippen LogP contribution in [-0.2, 0) is 0 Å². The van der Waals surface area contributed by atoms with Crippen LogP contribution in [0.3, 0.4) is 0 Å². The molecule has 0 saturated carbocycles. The van der Waals surface area contributed by atoms with E-state index in [1.807, 2.05) is 6.07 Å². The summed E-state index contributed by atoms with van der Waals surface area (Å²) in [5.41, 5.74) is 3.79. The van der Waals surface area contributed by atoms with Gasteiger partial charge in [0.05, 0.1) is 12.6 Å². The molecule has 2 aromatic rings. The maximum atomic E-state index is 12.5. The summed E-state index contributed by atoms with van der Waals surface area (Å²) in [6.45, 7) is 7.81. The van der Waals surface area contributed by atoms with Crippen molar-refractivity contribution in [3.63, 3.8) is 0 Å². The highest BCUT2D eigenvalue weighted by atomic mass is 35.5. The number of amides is 2. The molecule has 30 heavy (non-hydrogen) atoms. The lowest BCUT2D eigenvalue weighted by atomic mass is 10.0. The molecule has 160 valence electrons. The van der Waals surface area contributed by atoms with Crippen LogP contribution in [0.25, 0.3) is 0 Å². The molecule has 2 aliphatic rings. The molecule has 2 aliphatic heterocycles. The van der Waals surface area contributed by atoms with Gasteiger partial charge < -0.3 is 16.0 Å². The summed E-state index contributed by atoms with van der Waals surface area (Å²) in [5.74, 6) is 0. The number of hydrogen-bond donors (Lipinski definition) is 3. The Hall–Kier alpha value is -1.79. The molecule has 3 atom stereocenters. The number of urea groups is 1. The Morgan fingerprint density at radius 2 is 1.87 bits per heavy atom. The zero-order valence-corrected chi connectivity index (χ0v) is 19.0. The van der Waals surface area contributed by atoms with Crippen LogP contribution in [0.1, 0.15) is 31.7 Å². The van der Waals surface area contributed by atoms with E-state index in [2.05, 4.69) is 41.9 Å². The van der Waals surface area contributed by atoms with Crippen molar-refractivity contribution in [3.8, 4) is 0 Å². The predicted molar refractivity (Wildman–Crippen MR) is 127 cm³/mol. The fraction of sp³-hybridized carbons (Fsp3) is 0.435. The maximum absolute atomic E-state index is 12.5. The van der Waals surface area contributed by atoms with Crippen LogP contribution in [-0.4, -0.2) is 37.7 Å². The maximum Gasteiger partial charge on any atom is 0.323 e. The molecular weight excluding hydrogens is 419 g/mol. The molecular formula is C23H29Cl2N4O+. The van der Waals surface area contributed by atoms with Crippen molar-refractivity contribution in [2.24, 2.45) is 0 Å². The van der Waals surface area contributed by atoms with Gasteiger partial charge in [0.15, 0.2) is 0 Å². The molecule has 2 aromatic carbocycles. The molecule has 2 heterocycles. The molecule has 0 bridgehead atoms. The molecule has 0 aromatic heterocycles. The quantitative estimate of drug-likeness (QED) is 0.518. The first-order valence-corrected chi connectivity index (χ1v) is 11.4. The molecule has 3 unspecified atom stereocenters. The molecule has 0 spiro atoms. The van der Waals surface area contributed by atoms with E-state index in [0.29, 0.717) is 27.8 Å². The van der Waals surface area contributed by atoms with Crippen molar-refractivity contribution < 1.29 is 4.79 Å². The van der Waals surface area contributed by atoms with Crippen molar-refractivity contribution in [3.05, 3.63) is 52.0 Å². The third kappa shape index (κ3) is 4.17.